The Labute approximate surface area is 177 Å². The molecule has 11 heteroatoms. The molecule has 2 aromatic rings. The molecule has 1 aliphatic carbocycles. The predicted octanol–water partition coefficient (Wildman–Crippen LogP) is 2.65. The van der Waals surface area contributed by atoms with Gasteiger partial charge in [-0.05, 0) is 48.2 Å². The van der Waals surface area contributed by atoms with Crippen LogP contribution in [-0.2, 0) is 21.2 Å². The van der Waals surface area contributed by atoms with Crippen molar-refractivity contribution in [2.75, 3.05) is 11.8 Å². The van der Waals surface area contributed by atoms with Crippen molar-refractivity contribution in [1.29, 1.82) is 0 Å². The summed E-state index contributed by atoms with van der Waals surface area (Å²) in [6, 6.07) is 5.63. The van der Waals surface area contributed by atoms with Crippen LogP contribution in [0.15, 0.2) is 35.9 Å². The van der Waals surface area contributed by atoms with Crippen molar-refractivity contribution < 1.29 is 31.5 Å². The molecule has 0 spiro atoms. The number of benzene rings is 1. The van der Waals surface area contributed by atoms with Crippen LogP contribution >= 0.6 is 0 Å². The SMILES string of the molecule is CNC(=O)c1ncccc1NS(=O)(=O)/C=C1\C(=O)CCc2cc(C)c(OC(F)F)cc21. The number of anilines is 1. The Bertz CT molecular complexity index is 1180. The fourth-order valence-corrected chi connectivity index (χ4v) is 4.31. The first-order valence-corrected chi connectivity index (χ1v) is 10.7. The van der Waals surface area contributed by atoms with E-state index in [9.17, 15) is 26.8 Å². The van der Waals surface area contributed by atoms with E-state index in [1.54, 1.807) is 13.0 Å². The van der Waals surface area contributed by atoms with Crippen LogP contribution < -0.4 is 14.8 Å². The van der Waals surface area contributed by atoms with E-state index < -0.39 is 28.3 Å². The molecule has 0 fully saturated rings. The first-order valence-electron chi connectivity index (χ1n) is 9.15. The third-order valence-corrected chi connectivity index (χ3v) is 5.65. The van der Waals surface area contributed by atoms with Crippen LogP contribution in [0.4, 0.5) is 14.5 Å². The summed E-state index contributed by atoms with van der Waals surface area (Å²) in [7, 11) is -2.89. The molecule has 0 saturated heterocycles. The summed E-state index contributed by atoms with van der Waals surface area (Å²) >= 11 is 0. The monoisotopic (exact) mass is 451 g/mol. The van der Waals surface area contributed by atoms with Gasteiger partial charge in [0.05, 0.1) is 11.1 Å². The average Bonchev–Trinajstić information content (AvgIpc) is 2.70. The Morgan fingerprint density at radius 2 is 2.03 bits per heavy atom. The minimum absolute atomic E-state index is 0.0687. The van der Waals surface area contributed by atoms with Crippen LogP contribution in [0.3, 0.4) is 0 Å². The molecular weight excluding hydrogens is 432 g/mol. The van der Waals surface area contributed by atoms with E-state index in [4.69, 9.17) is 0 Å². The summed E-state index contributed by atoms with van der Waals surface area (Å²) in [4.78, 5) is 28.3. The molecule has 1 amide bonds. The lowest BCUT2D eigenvalue weighted by atomic mass is 9.86. The molecule has 0 unspecified atom stereocenters. The number of fused-ring (bicyclic) bond motifs is 1. The molecule has 0 saturated carbocycles. The normalized spacial score (nSPS) is 15.0. The second-order valence-corrected chi connectivity index (χ2v) is 8.26. The van der Waals surface area contributed by atoms with Crippen LogP contribution in [0.1, 0.15) is 33.6 Å². The van der Waals surface area contributed by atoms with Gasteiger partial charge in [-0.15, -0.1) is 0 Å². The number of ether oxygens (including phenoxy) is 1. The zero-order valence-electron chi connectivity index (χ0n) is 16.6. The highest BCUT2D eigenvalue weighted by molar-refractivity contribution is 7.95. The summed E-state index contributed by atoms with van der Waals surface area (Å²) in [5, 5.41) is 3.09. The van der Waals surface area contributed by atoms with E-state index in [0.717, 1.165) is 5.41 Å². The fourth-order valence-electron chi connectivity index (χ4n) is 3.22. The van der Waals surface area contributed by atoms with Gasteiger partial charge in [0, 0.05) is 25.2 Å². The number of alkyl halides is 2. The van der Waals surface area contributed by atoms with Gasteiger partial charge in [-0.1, -0.05) is 6.07 Å². The van der Waals surface area contributed by atoms with E-state index >= 15 is 0 Å². The lowest BCUT2D eigenvalue weighted by Crippen LogP contribution is -2.23. The van der Waals surface area contributed by atoms with E-state index in [-0.39, 0.29) is 34.7 Å². The van der Waals surface area contributed by atoms with Gasteiger partial charge in [-0.3, -0.25) is 14.3 Å². The van der Waals surface area contributed by atoms with E-state index in [1.807, 2.05) is 0 Å². The Morgan fingerprint density at radius 3 is 2.71 bits per heavy atom. The van der Waals surface area contributed by atoms with Gasteiger partial charge in [0.25, 0.3) is 15.9 Å². The molecule has 1 heterocycles. The number of allylic oxidation sites excluding steroid dienone is 1. The number of rotatable bonds is 6. The first-order chi connectivity index (χ1) is 14.6. The number of pyridine rings is 1. The number of halogens is 2. The molecule has 164 valence electrons. The molecule has 2 N–H and O–H groups in total. The van der Waals surface area contributed by atoms with Gasteiger partial charge < -0.3 is 10.1 Å². The molecule has 1 aromatic carbocycles. The maximum absolute atomic E-state index is 12.8. The van der Waals surface area contributed by atoms with Crippen molar-refractivity contribution in [1.82, 2.24) is 10.3 Å². The third kappa shape index (κ3) is 5.05. The molecule has 31 heavy (non-hydrogen) atoms. The Kier molecular flexibility index (Phi) is 6.34. The maximum atomic E-state index is 12.8. The number of hydrogen-bond donors (Lipinski definition) is 2. The fraction of sp³-hybridized carbons (Fsp3) is 0.250. The summed E-state index contributed by atoms with van der Waals surface area (Å²) < 4.78 is 57.7. The van der Waals surface area contributed by atoms with Crippen LogP contribution in [0.2, 0.25) is 0 Å². The predicted molar refractivity (Wildman–Crippen MR) is 109 cm³/mol. The van der Waals surface area contributed by atoms with Gasteiger partial charge in [0.15, 0.2) is 11.5 Å². The largest absolute Gasteiger partial charge is 0.435 e. The molecule has 8 nitrogen and oxygen atoms in total. The molecule has 0 bridgehead atoms. The van der Waals surface area contributed by atoms with Crippen LogP contribution in [0.25, 0.3) is 5.57 Å². The van der Waals surface area contributed by atoms with Gasteiger partial charge in [-0.2, -0.15) is 8.78 Å². The number of aryl methyl sites for hydroxylation is 2. The molecule has 0 radical (unpaired) electrons. The second-order valence-electron chi connectivity index (χ2n) is 6.73. The third-order valence-electron chi connectivity index (χ3n) is 4.60. The molecule has 0 aliphatic heterocycles. The lowest BCUT2D eigenvalue weighted by molar-refractivity contribution is -0.113. The van der Waals surface area contributed by atoms with Crippen LogP contribution in [0, 0.1) is 6.92 Å². The van der Waals surface area contributed by atoms with E-state index in [0.29, 0.717) is 17.5 Å². The maximum Gasteiger partial charge on any atom is 0.387 e. The highest BCUT2D eigenvalue weighted by Crippen LogP contribution is 2.35. The number of amides is 1. The van der Waals surface area contributed by atoms with Crippen molar-refractivity contribution in [3.8, 4) is 5.75 Å². The number of sulfonamides is 1. The summed E-state index contributed by atoms with van der Waals surface area (Å²) in [6.45, 7) is -1.48. The first kappa shape index (κ1) is 22.3. The van der Waals surface area contributed by atoms with Crippen LogP contribution in [-0.4, -0.2) is 38.8 Å². The molecular formula is C20H19F2N3O5S. The van der Waals surface area contributed by atoms with Crippen molar-refractivity contribution in [2.24, 2.45) is 0 Å². The number of carbonyl (C=O) groups is 2. The smallest absolute Gasteiger partial charge is 0.387 e. The van der Waals surface area contributed by atoms with Crippen molar-refractivity contribution >= 4 is 33.0 Å². The number of hydrogen-bond acceptors (Lipinski definition) is 6. The molecule has 0 atom stereocenters. The summed E-state index contributed by atoms with van der Waals surface area (Å²) in [5.74, 6) is -1.20. The summed E-state index contributed by atoms with van der Waals surface area (Å²) in [6.07, 6.45) is 1.74. The number of aromatic nitrogens is 1. The summed E-state index contributed by atoms with van der Waals surface area (Å²) in [5.41, 5.74) is 0.921. The minimum atomic E-state index is -4.26. The molecule has 3 rings (SSSR count). The van der Waals surface area contributed by atoms with Gasteiger partial charge in [-0.25, -0.2) is 13.4 Å². The Morgan fingerprint density at radius 1 is 1.29 bits per heavy atom. The zero-order valence-corrected chi connectivity index (χ0v) is 17.4. The van der Waals surface area contributed by atoms with Crippen molar-refractivity contribution in [3.05, 3.63) is 58.3 Å². The molecule has 1 aromatic heterocycles. The van der Waals surface area contributed by atoms with E-state index in [1.165, 1.54) is 31.4 Å². The van der Waals surface area contributed by atoms with Gasteiger partial charge in [0.1, 0.15) is 5.75 Å². The number of nitrogens with zero attached hydrogens (tertiary/aromatic N) is 1. The standard InChI is InChI=1S/C20H19F2N3O5S/c1-11-8-12-5-6-16(26)14(13(12)9-17(11)30-20(21)22)10-31(28,29)25-15-4-3-7-24-18(15)19(27)23-2/h3-4,7-10,20,25H,5-6H2,1-2H3,(H,23,27)/b14-10-. The van der Waals surface area contributed by atoms with Crippen molar-refractivity contribution in [3.63, 3.8) is 0 Å². The van der Waals surface area contributed by atoms with Crippen LogP contribution in [0.5, 0.6) is 5.75 Å². The molecule has 1 aliphatic rings. The second kappa shape index (κ2) is 8.80. The quantitative estimate of drug-likeness (QED) is 0.653. The minimum Gasteiger partial charge on any atom is -0.435 e. The van der Waals surface area contributed by atoms with Crippen molar-refractivity contribution in [2.45, 2.75) is 26.4 Å². The highest BCUT2D eigenvalue weighted by Gasteiger charge is 2.26. The number of Topliss-reactive ketones (excluding diaryl/α,β-unsaturated/α-hetero) is 1. The van der Waals surface area contributed by atoms with Gasteiger partial charge >= 0.3 is 6.61 Å². The number of nitrogens with one attached hydrogen (secondary N) is 2. The number of ketones is 1. The zero-order chi connectivity index (χ0) is 22.8. The topological polar surface area (TPSA) is 114 Å². The Hall–Kier alpha value is -3.34. The van der Waals surface area contributed by atoms with Gasteiger partial charge in [0.2, 0.25) is 0 Å². The lowest BCUT2D eigenvalue weighted by Gasteiger charge is -2.21. The Balaban J connectivity index is 2.04. The average molecular weight is 451 g/mol. The number of carbonyl (C=O) groups excluding carboxylic acids is 2. The highest BCUT2D eigenvalue weighted by atomic mass is 32.2. The van der Waals surface area contributed by atoms with E-state index in [2.05, 4.69) is 19.8 Å².